The van der Waals surface area contributed by atoms with Gasteiger partial charge in [-0.05, 0) is 36.2 Å². The third-order valence-corrected chi connectivity index (χ3v) is 4.78. The molecule has 6 nitrogen and oxygen atoms in total. The summed E-state index contributed by atoms with van der Waals surface area (Å²) < 4.78 is 5.18. The van der Waals surface area contributed by atoms with Crippen molar-refractivity contribution in [1.29, 1.82) is 0 Å². The van der Waals surface area contributed by atoms with Crippen molar-refractivity contribution in [2.24, 2.45) is 0 Å². The van der Waals surface area contributed by atoms with Crippen LogP contribution >= 0.6 is 0 Å². The number of hydrogen-bond acceptors (Lipinski definition) is 4. The Morgan fingerprint density at radius 1 is 0.839 bits per heavy atom. The number of para-hydroxylation sites is 1. The minimum atomic E-state index is -0.891. The van der Waals surface area contributed by atoms with Gasteiger partial charge in [0.2, 0.25) is 0 Å². The summed E-state index contributed by atoms with van der Waals surface area (Å²) in [6, 6.07) is 26.9. The highest BCUT2D eigenvalue weighted by molar-refractivity contribution is 5.94. The van der Waals surface area contributed by atoms with E-state index in [0.29, 0.717) is 17.7 Å². The predicted molar refractivity (Wildman–Crippen MR) is 120 cm³/mol. The maximum Gasteiger partial charge on any atom is 0.411 e. The molecule has 160 valence electrons. The largest absolute Gasteiger partial charge is 0.449 e. The van der Waals surface area contributed by atoms with E-state index in [1.807, 2.05) is 54.6 Å². The highest BCUT2D eigenvalue weighted by Crippen LogP contribution is 2.11. The molecule has 31 heavy (non-hydrogen) atoms. The van der Waals surface area contributed by atoms with E-state index in [0.717, 1.165) is 5.56 Å². The van der Waals surface area contributed by atoms with Crippen LogP contribution < -0.4 is 10.6 Å². The van der Waals surface area contributed by atoms with Crippen molar-refractivity contribution in [1.82, 2.24) is 5.32 Å². The molecule has 0 aliphatic rings. The lowest BCUT2D eigenvalue weighted by molar-refractivity contribution is 0.0718. The fourth-order valence-corrected chi connectivity index (χ4v) is 3.14. The van der Waals surface area contributed by atoms with Crippen molar-refractivity contribution in [2.75, 3.05) is 11.9 Å². The maximum atomic E-state index is 12.6. The van der Waals surface area contributed by atoms with Crippen molar-refractivity contribution >= 4 is 17.7 Å². The van der Waals surface area contributed by atoms with Crippen LogP contribution in [0.4, 0.5) is 10.5 Å². The number of rotatable bonds is 9. The molecule has 0 saturated heterocycles. The molecule has 3 aromatic rings. The van der Waals surface area contributed by atoms with Gasteiger partial charge in [-0.2, -0.15) is 0 Å². The molecule has 2 atom stereocenters. The second kappa shape index (κ2) is 11.5. The summed E-state index contributed by atoms with van der Waals surface area (Å²) in [4.78, 5) is 24.6. The second-order valence-corrected chi connectivity index (χ2v) is 7.12. The molecule has 0 aromatic heterocycles. The van der Waals surface area contributed by atoms with Gasteiger partial charge in [0.1, 0.15) is 0 Å². The van der Waals surface area contributed by atoms with Gasteiger partial charge < -0.3 is 15.2 Å². The fraction of sp³-hybridized carbons (Fsp3) is 0.200. The van der Waals surface area contributed by atoms with Crippen LogP contribution in [0.15, 0.2) is 91.0 Å². The van der Waals surface area contributed by atoms with Crippen molar-refractivity contribution in [3.63, 3.8) is 0 Å². The maximum absolute atomic E-state index is 12.6. The number of hydrogen-bond donors (Lipinski definition) is 3. The summed E-state index contributed by atoms with van der Waals surface area (Å²) in [6.45, 7) is 0.0202. The molecule has 0 bridgehead atoms. The Kier molecular flexibility index (Phi) is 8.20. The first-order chi connectivity index (χ1) is 15.1. The molecule has 0 fully saturated rings. The summed E-state index contributed by atoms with van der Waals surface area (Å²) in [5.41, 5.74) is 2.14. The molecule has 0 heterocycles. The molecule has 0 aliphatic carbocycles. The fourth-order valence-electron chi connectivity index (χ4n) is 3.14. The van der Waals surface area contributed by atoms with E-state index >= 15 is 0 Å². The Morgan fingerprint density at radius 3 is 2.06 bits per heavy atom. The van der Waals surface area contributed by atoms with Crippen molar-refractivity contribution in [3.8, 4) is 0 Å². The minimum absolute atomic E-state index is 0.0202. The first-order valence-corrected chi connectivity index (χ1v) is 10.2. The molecule has 2 amide bonds. The van der Waals surface area contributed by atoms with Crippen LogP contribution in [0.3, 0.4) is 0 Å². The smallest absolute Gasteiger partial charge is 0.411 e. The van der Waals surface area contributed by atoms with Crippen LogP contribution in [0.2, 0.25) is 0 Å². The number of ether oxygens (including phenoxy) is 1. The number of carbonyl (C=O) groups is 2. The van der Waals surface area contributed by atoms with E-state index in [1.165, 1.54) is 0 Å². The Labute approximate surface area is 181 Å². The number of aliphatic hydroxyl groups excluding tert-OH is 1. The Morgan fingerprint density at radius 2 is 1.42 bits per heavy atom. The van der Waals surface area contributed by atoms with Crippen LogP contribution in [-0.2, 0) is 11.2 Å². The SMILES string of the molecule is O=C(Nc1ccccc1)OCCC(O)C(Cc1ccccc1)NC(=O)c1ccccc1. The normalized spacial score (nSPS) is 12.4. The lowest BCUT2D eigenvalue weighted by atomic mass is 9.99. The van der Waals surface area contributed by atoms with Gasteiger partial charge in [0.25, 0.3) is 5.91 Å². The zero-order valence-corrected chi connectivity index (χ0v) is 17.1. The van der Waals surface area contributed by atoms with Gasteiger partial charge in [0.15, 0.2) is 0 Å². The molecule has 0 radical (unpaired) electrons. The lowest BCUT2D eigenvalue weighted by Crippen LogP contribution is -2.45. The topological polar surface area (TPSA) is 87.7 Å². The van der Waals surface area contributed by atoms with Crippen molar-refractivity contribution in [2.45, 2.75) is 25.0 Å². The molecule has 3 rings (SSSR count). The molecular formula is C25H26N2O4. The van der Waals surface area contributed by atoms with Gasteiger partial charge in [-0.15, -0.1) is 0 Å². The van der Waals surface area contributed by atoms with Gasteiger partial charge in [-0.3, -0.25) is 10.1 Å². The van der Waals surface area contributed by atoms with Crippen molar-refractivity contribution in [3.05, 3.63) is 102 Å². The predicted octanol–water partition coefficient (Wildman–Crippen LogP) is 4.03. The van der Waals surface area contributed by atoms with E-state index in [9.17, 15) is 14.7 Å². The first-order valence-electron chi connectivity index (χ1n) is 10.2. The minimum Gasteiger partial charge on any atom is -0.449 e. The first kappa shape index (κ1) is 22.1. The van der Waals surface area contributed by atoms with Crippen LogP contribution in [-0.4, -0.2) is 35.9 Å². The number of carbonyl (C=O) groups excluding carboxylic acids is 2. The standard InChI is InChI=1S/C25H26N2O4/c28-23(16-17-31-25(30)26-21-14-8-3-9-15-21)22(18-19-10-4-1-5-11-19)27-24(29)20-12-6-2-7-13-20/h1-15,22-23,28H,16-18H2,(H,26,30)(H,27,29). The number of benzene rings is 3. The third-order valence-electron chi connectivity index (χ3n) is 4.78. The number of aliphatic hydroxyl groups is 1. The zero-order valence-electron chi connectivity index (χ0n) is 17.1. The summed E-state index contributed by atoms with van der Waals surface area (Å²) in [5.74, 6) is -0.261. The molecule has 0 saturated carbocycles. The van der Waals surface area contributed by atoms with E-state index in [4.69, 9.17) is 4.74 Å². The number of nitrogens with one attached hydrogen (secondary N) is 2. The lowest BCUT2D eigenvalue weighted by Gasteiger charge is -2.24. The van der Waals surface area contributed by atoms with Gasteiger partial charge in [0.05, 0.1) is 18.8 Å². The molecule has 2 unspecified atom stereocenters. The number of anilines is 1. The second-order valence-electron chi connectivity index (χ2n) is 7.12. The van der Waals surface area contributed by atoms with Crippen LogP contribution in [0.1, 0.15) is 22.3 Å². The Hall–Kier alpha value is -3.64. The van der Waals surface area contributed by atoms with E-state index < -0.39 is 18.2 Å². The van der Waals surface area contributed by atoms with E-state index in [2.05, 4.69) is 10.6 Å². The molecule has 3 N–H and O–H groups in total. The van der Waals surface area contributed by atoms with Gasteiger partial charge in [0, 0.05) is 17.7 Å². The van der Waals surface area contributed by atoms with Crippen LogP contribution in [0.25, 0.3) is 0 Å². The van der Waals surface area contributed by atoms with E-state index in [1.54, 1.807) is 36.4 Å². The quantitative estimate of drug-likeness (QED) is 0.490. The van der Waals surface area contributed by atoms with E-state index in [-0.39, 0.29) is 18.9 Å². The summed E-state index contributed by atoms with van der Waals surface area (Å²) in [5, 5.41) is 16.3. The molecular weight excluding hydrogens is 392 g/mol. The highest BCUT2D eigenvalue weighted by Gasteiger charge is 2.23. The molecule has 3 aromatic carbocycles. The Bertz CT molecular complexity index is 949. The number of amides is 2. The summed E-state index contributed by atoms with van der Waals surface area (Å²) in [6.07, 6.45) is -0.838. The van der Waals surface area contributed by atoms with Crippen LogP contribution in [0, 0.1) is 0 Å². The van der Waals surface area contributed by atoms with Gasteiger partial charge >= 0.3 is 6.09 Å². The monoisotopic (exact) mass is 418 g/mol. The van der Waals surface area contributed by atoms with Crippen LogP contribution in [0.5, 0.6) is 0 Å². The van der Waals surface area contributed by atoms with Gasteiger partial charge in [-0.25, -0.2) is 4.79 Å². The molecule has 0 spiro atoms. The molecule has 0 aliphatic heterocycles. The average Bonchev–Trinajstić information content (AvgIpc) is 2.80. The Balaban J connectivity index is 1.56. The highest BCUT2D eigenvalue weighted by atomic mass is 16.5. The third kappa shape index (κ3) is 7.28. The van der Waals surface area contributed by atoms with Crippen molar-refractivity contribution < 1.29 is 19.4 Å². The zero-order chi connectivity index (χ0) is 21.9. The average molecular weight is 418 g/mol. The summed E-state index contributed by atoms with van der Waals surface area (Å²) >= 11 is 0. The van der Waals surface area contributed by atoms with Gasteiger partial charge in [-0.1, -0.05) is 66.7 Å². The summed E-state index contributed by atoms with van der Waals surface area (Å²) in [7, 11) is 0. The molecule has 6 heteroatoms.